The number of likely N-dealkylation sites (tertiary alicyclic amines) is 1. The van der Waals surface area contributed by atoms with Gasteiger partial charge in [-0.25, -0.2) is 4.39 Å². The van der Waals surface area contributed by atoms with E-state index >= 15 is 0 Å². The van der Waals surface area contributed by atoms with Crippen LogP contribution in [0.25, 0.3) is 0 Å². The lowest BCUT2D eigenvalue weighted by atomic mass is 9.77. The largest absolute Gasteiger partial charge is 0.497 e. The van der Waals surface area contributed by atoms with Gasteiger partial charge in [0.05, 0.1) is 17.6 Å². The first-order valence-corrected chi connectivity index (χ1v) is 8.61. The Bertz CT molecular complexity index is 625. The average molecular weight is 333 g/mol. The number of hydrogen-bond acceptors (Lipinski definition) is 3. The highest BCUT2D eigenvalue weighted by molar-refractivity contribution is 6.62. The molecule has 0 bridgehead atoms. The molecule has 24 heavy (non-hydrogen) atoms. The van der Waals surface area contributed by atoms with Gasteiger partial charge in [0.1, 0.15) is 5.82 Å². The van der Waals surface area contributed by atoms with Crippen molar-refractivity contribution in [1.29, 1.82) is 0 Å². The van der Waals surface area contributed by atoms with E-state index in [1.54, 1.807) is 12.1 Å². The van der Waals surface area contributed by atoms with Gasteiger partial charge in [0.15, 0.2) is 0 Å². The average Bonchev–Trinajstić information content (AvgIpc) is 3.08. The molecule has 2 heterocycles. The van der Waals surface area contributed by atoms with Crippen molar-refractivity contribution in [3.63, 3.8) is 0 Å². The van der Waals surface area contributed by atoms with Crippen molar-refractivity contribution in [2.75, 3.05) is 13.1 Å². The molecule has 0 radical (unpaired) electrons. The summed E-state index contributed by atoms with van der Waals surface area (Å²) in [6.07, 6.45) is 2.41. The van der Waals surface area contributed by atoms with Crippen molar-refractivity contribution in [3.8, 4) is 0 Å². The second-order valence-electron chi connectivity index (χ2n) is 7.71. The fourth-order valence-corrected chi connectivity index (χ4v) is 3.11. The number of carbonyl (C=O) groups is 1. The smallest absolute Gasteiger partial charge is 0.399 e. The summed E-state index contributed by atoms with van der Waals surface area (Å²) in [6, 6.07) is 4.76. The highest BCUT2D eigenvalue weighted by atomic mass is 19.1. The number of benzene rings is 1. The molecular weight excluding hydrogens is 308 g/mol. The van der Waals surface area contributed by atoms with E-state index in [1.807, 2.05) is 32.6 Å². The van der Waals surface area contributed by atoms with E-state index in [0.717, 1.165) is 31.5 Å². The van der Waals surface area contributed by atoms with Crippen LogP contribution in [0.15, 0.2) is 18.2 Å². The number of rotatable bonds is 3. The monoisotopic (exact) mass is 333 g/mol. The van der Waals surface area contributed by atoms with Gasteiger partial charge in [-0.1, -0.05) is 12.1 Å². The minimum absolute atomic E-state index is 0.0963. The lowest BCUT2D eigenvalue weighted by Crippen LogP contribution is -2.41. The number of amides is 1. The van der Waals surface area contributed by atoms with Gasteiger partial charge in [0, 0.05) is 18.6 Å². The summed E-state index contributed by atoms with van der Waals surface area (Å²) in [5.41, 5.74) is 0.107. The molecule has 0 unspecified atom stereocenters. The van der Waals surface area contributed by atoms with Crippen LogP contribution >= 0.6 is 0 Å². The third-order valence-electron chi connectivity index (χ3n) is 5.38. The first-order valence-electron chi connectivity index (χ1n) is 8.61. The van der Waals surface area contributed by atoms with E-state index < -0.39 is 18.3 Å². The molecule has 0 aromatic heterocycles. The zero-order valence-corrected chi connectivity index (χ0v) is 14.9. The van der Waals surface area contributed by atoms with Crippen LogP contribution in [0.4, 0.5) is 4.39 Å². The summed E-state index contributed by atoms with van der Waals surface area (Å²) in [5.74, 6) is -0.273. The number of nitrogens with zero attached hydrogens (tertiary/aromatic N) is 1. The molecule has 2 aliphatic rings. The summed E-state index contributed by atoms with van der Waals surface area (Å²) in [5, 5.41) is 0. The van der Waals surface area contributed by atoms with Gasteiger partial charge < -0.3 is 14.2 Å². The molecule has 3 rings (SSSR count). The maximum atomic E-state index is 14.3. The van der Waals surface area contributed by atoms with E-state index in [9.17, 15) is 9.18 Å². The molecule has 1 amide bonds. The number of carbonyl (C=O) groups excluding carboxylic acids is 1. The Balaban J connectivity index is 1.78. The fraction of sp³-hybridized carbons (Fsp3) is 0.611. The Kier molecular flexibility index (Phi) is 4.47. The molecule has 0 atom stereocenters. The van der Waals surface area contributed by atoms with Crippen LogP contribution < -0.4 is 5.46 Å². The first kappa shape index (κ1) is 17.4. The number of hydrogen-bond donors (Lipinski definition) is 0. The first-order chi connectivity index (χ1) is 11.2. The molecule has 6 heteroatoms. The minimum Gasteiger partial charge on any atom is -0.399 e. The molecule has 1 aromatic rings. The summed E-state index contributed by atoms with van der Waals surface area (Å²) in [7, 11) is -0.753. The van der Waals surface area contributed by atoms with Crippen LogP contribution in [0.2, 0.25) is 0 Å². The Labute approximate surface area is 143 Å². The van der Waals surface area contributed by atoms with Crippen molar-refractivity contribution in [2.24, 2.45) is 0 Å². The molecule has 2 aliphatic heterocycles. The van der Waals surface area contributed by atoms with Crippen molar-refractivity contribution in [1.82, 2.24) is 4.90 Å². The normalized spacial score (nSPS) is 22.2. The van der Waals surface area contributed by atoms with E-state index in [0.29, 0.717) is 5.46 Å². The highest BCUT2D eigenvalue weighted by Crippen LogP contribution is 2.36. The Morgan fingerprint density at radius 2 is 1.75 bits per heavy atom. The van der Waals surface area contributed by atoms with E-state index in [4.69, 9.17) is 9.31 Å². The van der Waals surface area contributed by atoms with Gasteiger partial charge in [0.2, 0.25) is 5.91 Å². The zero-order chi connectivity index (χ0) is 17.5. The molecule has 2 saturated heterocycles. The standard InChI is InChI=1S/C18H25BFNO3/c1-17(2)18(3,4)24-19(23-17)14-11-13(7-8-15(14)20)12-16(22)21-9-5-6-10-21/h7-8,11H,5-6,9-10,12H2,1-4H3. The van der Waals surface area contributed by atoms with Crippen molar-refractivity contribution in [2.45, 2.75) is 58.2 Å². The van der Waals surface area contributed by atoms with E-state index in [2.05, 4.69) is 0 Å². The Morgan fingerprint density at radius 1 is 1.17 bits per heavy atom. The lowest BCUT2D eigenvalue weighted by Gasteiger charge is -2.32. The van der Waals surface area contributed by atoms with Crippen LogP contribution in [0, 0.1) is 5.82 Å². The van der Waals surface area contributed by atoms with Crippen molar-refractivity contribution in [3.05, 3.63) is 29.6 Å². The summed E-state index contributed by atoms with van der Waals surface area (Å²) in [4.78, 5) is 14.2. The molecule has 0 N–H and O–H groups in total. The predicted octanol–water partition coefficient (Wildman–Crippen LogP) is 2.29. The SMILES string of the molecule is CC1(C)OB(c2cc(CC(=O)N3CCCC3)ccc2F)OC1(C)C. The van der Waals surface area contributed by atoms with Crippen LogP contribution in [0.5, 0.6) is 0 Å². The maximum absolute atomic E-state index is 14.3. The van der Waals surface area contributed by atoms with Gasteiger partial charge in [-0.05, 0) is 52.2 Å². The van der Waals surface area contributed by atoms with Crippen LogP contribution in [0.1, 0.15) is 46.1 Å². The second kappa shape index (κ2) is 6.15. The third kappa shape index (κ3) is 3.22. The Hall–Kier alpha value is -1.40. The molecule has 0 aliphatic carbocycles. The molecule has 0 spiro atoms. The second-order valence-corrected chi connectivity index (χ2v) is 7.71. The van der Waals surface area contributed by atoms with Gasteiger partial charge >= 0.3 is 7.12 Å². The highest BCUT2D eigenvalue weighted by Gasteiger charge is 2.52. The van der Waals surface area contributed by atoms with E-state index in [-0.39, 0.29) is 18.1 Å². The minimum atomic E-state index is -0.753. The predicted molar refractivity (Wildman–Crippen MR) is 91.6 cm³/mol. The molecule has 0 saturated carbocycles. The molecule has 130 valence electrons. The van der Waals surface area contributed by atoms with Gasteiger partial charge in [0.25, 0.3) is 0 Å². The molecule has 4 nitrogen and oxygen atoms in total. The molecular formula is C18H25BFNO3. The summed E-state index contributed by atoms with van der Waals surface area (Å²) < 4.78 is 26.2. The van der Waals surface area contributed by atoms with Gasteiger partial charge in [-0.15, -0.1) is 0 Å². The van der Waals surface area contributed by atoms with Crippen molar-refractivity contribution < 1.29 is 18.5 Å². The summed E-state index contributed by atoms with van der Waals surface area (Å²) >= 11 is 0. The van der Waals surface area contributed by atoms with Gasteiger partial charge in [-0.2, -0.15) is 0 Å². The fourth-order valence-electron chi connectivity index (χ4n) is 3.11. The zero-order valence-electron chi connectivity index (χ0n) is 14.9. The van der Waals surface area contributed by atoms with Crippen LogP contribution in [0.3, 0.4) is 0 Å². The third-order valence-corrected chi connectivity index (χ3v) is 5.38. The number of halogens is 1. The van der Waals surface area contributed by atoms with E-state index in [1.165, 1.54) is 6.07 Å². The maximum Gasteiger partial charge on any atom is 0.497 e. The van der Waals surface area contributed by atoms with Crippen LogP contribution in [-0.2, 0) is 20.5 Å². The summed E-state index contributed by atoms with van der Waals surface area (Å²) in [6.45, 7) is 9.39. The van der Waals surface area contributed by atoms with Crippen molar-refractivity contribution >= 4 is 18.5 Å². The lowest BCUT2D eigenvalue weighted by molar-refractivity contribution is -0.129. The quantitative estimate of drug-likeness (QED) is 0.797. The van der Waals surface area contributed by atoms with Gasteiger partial charge in [-0.3, -0.25) is 4.79 Å². The molecule has 2 fully saturated rings. The Morgan fingerprint density at radius 3 is 2.33 bits per heavy atom. The van der Waals surface area contributed by atoms with Crippen LogP contribution in [-0.4, -0.2) is 42.2 Å². The molecule has 1 aromatic carbocycles. The topological polar surface area (TPSA) is 38.8 Å².